The van der Waals surface area contributed by atoms with Crippen molar-refractivity contribution in [3.63, 3.8) is 0 Å². The lowest BCUT2D eigenvalue weighted by atomic mass is 10.1. The van der Waals surface area contributed by atoms with Gasteiger partial charge in [-0.05, 0) is 48.0 Å². The first-order valence-corrected chi connectivity index (χ1v) is 10.3. The maximum Gasteiger partial charge on any atom is 0.271 e. The zero-order valence-electron chi connectivity index (χ0n) is 14.2. The van der Waals surface area contributed by atoms with E-state index in [2.05, 4.69) is 26.5 Å². The smallest absolute Gasteiger partial charge is 0.267 e. The lowest BCUT2D eigenvalue weighted by molar-refractivity contribution is 0.0955. The second kappa shape index (κ2) is 9.74. The molecule has 0 heterocycles. The number of hydrazone groups is 1. The number of benzene rings is 3. The van der Waals surface area contributed by atoms with Gasteiger partial charge in [0.1, 0.15) is 0 Å². The van der Waals surface area contributed by atoms with Gasteiger partial charge in [0, 0.05) is 31.3 Å². The molecule has 0 aliphatic heterocycles. The fraction of sp³-hybridized carbons (Fsp3) is 0.0476. The molecule has 0 fully saturated rings. The normalized spacial score (nSPS) is 10.9. The number of carbonyl (C=O) groups is 1. The van der Waals surface area contributed by atoms with E-state index in [1.54, 1.807) is 30.1 Å². The van der Waals surface area contributed by atoms with Gasteiger partial charge in [-0.15, -0.1) is 11.8 Å². The van der Waals surface area contributed by atoms with Crippen LogP contribution in [0.5, 0.6) is 0 Å². The highest BCUT2D eigenvalue weighted by Crippen LogP contribution is 2.24. The summed E-state index contributed by atoms with van der Waals surface area (Å²) in [5, 5.41) is 4.75. The third kappa shape index (κ3) is 5.96. The Morgan fingerprint density at radius 1 is 1.04 bits per heavy atom. The fourth-order valence-corrected chi connectivity index (χ4v) is 3.62. The van der Waals surface area contributed by atoms with Crippen molar-refractivity contribution < 1.29 is 4.79 Å². The highest BCUT2D eigenvalue weighted by atomic mass is 79.9. The molecule has 3 aromatic rings. The lowest BCUT2D eigenvalue weighted by Gasteiger charge is -2.04. The predicted molar refractivity (Wildman–Crippen MR) is 117 cm³/mol. The molecule has 0 unspecified atom stereocenters. The lowest BCUT2D eigenvalue weighted by Crippen LogP contribution is -2.17. The van der Waals surface area contributed by atoms with E-state index < -0.39 is 0 Å². The minimum absolute atomic E-state index is 0.241. The number of nitrogens with one attached hydrogen (secondary N) is 1. The Balaban J connectivity index is 1.54. The average Bonchev–Trinajstić information content (AvgIpc) is 2.69. The van der Waals surface area contributed by atoms with Crippen molar-refractivity contribution >= 4 is 51.4 Å². The van der Waals surface area contributed by atoms with E-state index >= 15 is 0 Å². The number of carbonyl (C=O) groups excluding carboxylic acids is 1. The molecule has 6 heteroatoms. The minimum atomic E-state index is -0.241. The van der Waals surface area contributed by atoms with E-state index in [-0.39, 0.29) is 5.91 Å². The zero-order chi connectivity index (χ0) is 19.1. The molecule has 27 heavy (non-hydrogen) atoms. The summed E-state index contributed by atoms with van der Waals surface area (Å²) < 4.78 is 0.922. The van der Waals surface area contributed by atoms with Gasteiger partial charge in [0.25, 0.3) is 5.91 Å². The van der Waals surface area contributed by atoms with Crippen LogP contribution in [0.4, 0.5) is 0 Å². The molecule has 0 radical (unpaired) electrons. The minimum Gasteiger partial charge on any atom is -0.267 e. The Hall–Kier alpha value is -2.08. The van der Waals surface area contributed by atoms with Gasteiger partial charge in [-0.1, -0.05) is 57.9 Å². The molecule has 3 rings (SSSR count). The van der Waals surface area contributed by atoms with Crippen LogP contribution in [0.3, 0.4) is 0 Å². The number of nitrogens with zero attached hydrogens (tertiary/aromatic N) is 1. The van der Waals surface area contributed by atoms with Gasteiger partial charge in [0.05, 0.1) is 6.21 Å². The summed E-state index contributed by atoms with van der Waals surface area (Å²) in [6.07, 6.45) is 1.61. The molecule has 0 saturated heterocycles. The van der Waals surface area contributed by atoms with Gasteiger partial charge in [0.15, 0.2) is 0 Å². The number of amides is 1. The quantitative estimate of drug-likeness (QED) is 0.272. The highest BCUT2D eigenvalue weighted by Gasteiger charge is 2.05. The van der Waals surface area contributed by atoms with Crippen LogP contribution in [0.15, 0.2) is 87.3 Å². The van der Waals surface area contributed by atoms with Crippen LogP contribution in [-0.2, 0) is 5.75 Å². The Kier molecular flexibility index (Phi) is 7.10. The first-order chi connectivity index (χ1) is 13.1. The van der Waals surface area contributed by atoms with E-state index in [0.29, 0.717) is 5.56 Å². The maximum absolute atomic E-state index is 12.2. The van der Waals surface area contributed by atoms with Crippen LogP contribution in [0, 0.1) is 0 Å². The van der Waals surface area contributed by atoms with Gasteiger partial charge in [0.2, 0.25) is 0 Å². The molecule has 1 N–H and O–H groups in total. The molecule has 3 nitrogen and oxygen atoms in total. The molecule has 1 amide bonds. The van der Waals surface area contributed by atoms with Gasteiger partial charge in [-0.2, -0.15) is 5.10 Å². The van der Waals surface area contributed by atoms with Crippen LogP contribution in [0.25, 0.3) is 0 Å². The highest BCUT2D eigenvalue weighted by molar-refractivity contribution is 9.10. The fourth-order valence-electron chi connectivity index (χ4n) is 2.25. The third-order valence-corrected chi connectivity index (χ3v) is 5.77. The van der Waals surface area contributed by atoms with Crippen LogP contribution in [0.1, 0.15) is 21.5 Å². The molecule has 0 aromatic heterocycles. The SMILES string of the molecule is O=C(N/N=C/c1ccccc1Br)c1ccc(CSc2ccc(Cl)cc2)cc1. The summed E-state index contributed by atoms with van der Waals surface area (Å²) in [6, 6.07) is 22.9. The monoisotopic (exact) mass is 458 g/mol. The van der Waals surface area contributed by atoms with E-state index in [9.17, 15) is 4.79 Å². The Morgan fingerprint density at radius 2 is 1.74 bits per heavy atom. The third-order valence-electron chi connectivity index (χ3n) is 3.71. The van der Waals surface area contributed by atoms with Crippen molar-refractivity contribution in [3.8, 4) is 0 Å². The van der Waals surface area contributed by atoms with E-state index in [0.717, 1.165) is 31.3 Å². The Labute approximate surface area is 176 Å². The molecule has 0 atom stereocenters. The van der Waals surface area contributed by atoms with Crippen molar-refractivity contribution in [2.75, 3.05) is 0 Å². The first-order valence-electron chi connectivity index (χ1n) is 8.17. The average molecular weight is 460 g/mol. The summed E-state index contributed by atoms with van der Waals surface area (Å²) in [5.41, 5.74) is 5.16. The largest absolute Gasteiger partial charge is 0.271 e. The Morgan fingerprint density at radius 3 is 2.44 bits per heavy atom. The van der Waals surface area contributed by atoms with Gasteiger partial charge < -0.3 is 0 Å². The first kappa shape index (κ1) is 19.7. The van der Waals surface area contributed by atoms with Crippen molar-refractivity contribution in [2.45, 2.75) is 10.6 Å². The molecule has 0 aliphatic carbocycles. The summed E-state index contributed by atoms with van der Waals surface area (Å²) in [5.74, 6) is 0.583. The number of hydrogen-bond acceptors (Lipinski definition) is 3. The summed E-state index contributed by atoms with van der Waals surface area (Å²) >= 11 is 11.1. The van der Waals surface area contributed by atoms with Gasteiger partial charge in [-0.25, -0.2) is 5.43 Å². The second-order valence-corrected chi connectivity index (χ2v) is 8.00. The summed E-state index contributed by atoms with van der Waals surface area (Å²) in [4.78, 5) is 13.3. The topological polar surface area (TPSA) is 41.5 Å². The van der Waals surface area contributed by atoms with Crippen LogP contribution < -0.4 is 5.43 Å². The van der Waals surface area contributed by atoms with Crippen LogP contribution in [-0.4, -0.2) is 12.1 Å². The Bertz CT molecular complexity index is 943. The zero-order valence-corrected chi connectivity index (χ0v) is 17.4. The summed E-state index contributed by atoms with van der Waals surface area (Å²) in [7, 11) is 0. The molecular weight excluding hydrogens is 444 g/mol. The number of hydrogen-bond donors (Lipinski definition) is 1. The van der Waals surface area contributed by atoms with Gasteiger partial charge in [-0.3, -0.25) is 4.79 Å². The molecule has 136 valence electrons. The van der Waals surface area contributed by atoms with Gasteiger partial charge >= 0.3 is 0 Å². The molecule has 0 spiro atoms. The number of thioether (sulfide) groups is 1. The predicted octanol–water partition coefficient (Wildman–Crippen LogP) is 6.16. The number of rotatable bonds is 6. The van der Waals surface area contributed by atoms with E-state index in [4.69, 9.17) is 11.6 Å². The summed E-state index contributed by atoms with van der Waals surface area (Å²) in [6.45, 7) is 0. The van der Waals surface area contributed by atoms with Crippen molar-refractivity contribution in [1.29, 1.82) is 0 Å². The van der Waals surface area contributed by atoms with Crippen molar-refractivity contribution in [3.05, 3.63) is 99.0 Å². The molecule has 3 aromatic carbocycles. The number of halogens is 2. The molecule has 0 saturated carbocycles. The van der Waals surface area contributed by atoms with Crippen LogP contribution in [0.2, 0.25) is 5.02 Å². The van der Waals surface area contributed by atoms with Crippen LogP contribution >= 0.6 is 39.3 Å². The van der Waals surface area contributed by atoms with Crippen molar-refractivity contribution in [2.24, 2.45) is 5.10 Å². The van der Waals surface area contributed by atoms with E-state index in [1.807, 2.05) is 60.7 Å². The molecular formula is C21H16BrClN2OS. The second-order valence-electron chi connectivity index (χ2n) is 5.66. The standard InChI is InChI=1S/C21H16BrClN2OS/c22-20-4-2-1-3-17(20)13-24-25-21(26)16-7-5-15(6-8-16)14-27-19-11-9-18(23)10-12-19/h1-13H,14H2,(H,25,26)/b24-13+. The van der Waals surface area contributed by atoms with E-state index in [1.165, 1.54) is 0 Å². The molecule has 0 bridgehead atoms. The maximum atomic E-state index is 12.2. The molecule has 0 aliphatic rings. The van der Waals surface area contributed by atoms with Crippen molar-refractivity contribution in [1.82, 2.24) is 5.43 Å².